The van der Waals surface area contributed by atoms with Crippen LogP contribution in [0.2, 0.25) is 0 Å². The molecule has 0 saturated carbocycles. The molecule has 1 fully saturated rings. The predicted octanol–water partition coefficient (Wildman–Crippen LogP) is 3.37. The monoisotopic (exact) mass is 417 g/mol. The van der Waals surface area contributed by atoms with Gasteiger partial charge in [0, 0.05) is 24.0 Å². The molecule has 154 valence electrons. The Balaban J connectivity index is 1.60. The van der Waals surface area contributed by atoms with E-state index in [1.54, 1.807) is 6.07 Å². The van der Waals surface area contributed by atoms with Gasteiger partial charge in [-0.3, -0.25) is 14.9 Å². The molecular formula is C20H23N3O5S. The van der Waals surface area contributed by atoms with Crippen molar-refractivity contribution in [2.45, 2.75) is 26.3 Å². The average Bonchev–Trinajstić information content (AvgIpc) is 3.24. The summed E-state index contributed by atoms with van der Waals surface area (Å²) < 4.78 is 5.01. The molecule has 0 radical (unpaired) electrons. The first-order chi connectivity index (χ1) is 13.9. The molecule has 9 heteroatoms. The summed E-state index contributed by atoms with van der Waals surface area (Å²) in [5.74, 6) is -0.594. The van der Waals surface area contributed by atoms with Crippen LogP contribution in [0.15, 0.2) is 35.7 Å². The number of amides is 1. The van der Waals surface area contributed by atoms with Crippen LogP contribution < -0.4 is 10.2 Å². The number of esters is 1. The summed E-state index contributed by atoms with van der Waals surface area (Å²) in [6.45, 7) is 3.58. The van der Waals surface area contributed by atoms with E-state index in [1.165, 1.54) is 23.5 Å². The fourth-order valence-corrected chi connectivity index (χ4v) is 3.82. The quantitative estimate of drug-likeness (QED) is 0.421. The topological polar surface area (TPSA) is 102 Å². The second kappa shape index (κ2) is 9.51. The zero-order chi connectivity index (χ0) is 20.8. The number of anilines is 1. The number of benzene rings is 1. The van der Waals surface area contributed by atoms with E-state index in [-0.39, 0.29) is 11.3 Å². The minimum atomic E-state index is -0.766. The molecule has 0 unspecified atom stereocenters. The molecule has 1 N–H and O–H groups in total. The van der Waals surface area contributed by atoms with E-state index in [4.69, 9.17) is 4.74 Å². The zero-order valence-electron chi connectivity index (χ0n) is 16.1. The smallest absolute Gasteiger partial charge is 0.338 e. The highest BCUT2D eigenvalue weighted by molar-refractivity contribution is 7.09. The van der Waals surface area contributed by atoms with E-state index in [9.17, 15) is 19.7 Å². The Labute approximate surface area is 172 Å². The SMILES string of the molecule is CC1CCN(c2ccc(C(=O)OCC(=O)NCc3cccs3)cc2[N+](=O)[O-])CC1. The second-order valence-electron chi connectivity index (χ2n) is 7.06. The first-order valence-corrected chi connectivity index (χ1v) is 10.3. The van der Waals surface area contributed by atoms with Crippen LogP contribution in [-0.2, 0) is 16.1 Å². The molecule has 0 spiro atoms. The van der Waals surface area contributed by atoms with Gasteiger partial charge in [0.15, 0.2) is 6.61 Å². The number of rotatable bonds is 7. The minimum Gasteiger partial charge on any atom is -0.452 e. The van der Waals surface area contributed by atoms with Gasteiger partial charge in [-0.25, -0.2) is 4.79 Å². The molecule has 1 amide bonds. The van der Waals surface area contributed by atoms with Gasteiger partial charge in [-0.1, -0.05) is 13.0 Å². The van der Waals surface area contributed by atoms with E-state index in [0.717, 1.165) is 30.8 Å². The van der Waals surface area contributed by atoms with Gasteiger partial charge < -0.3 is 15.0 Å². The average molecular weight is 417 g/mol. The van der Waals surface area contributed by atoms with Crippen molar-refractivity contribution in [3.8, 4) is 0 Å². The van der Waals surface area contributed by atoms with Crippen molar-refractivity contribution in [1.82, 2.24) is 5.32 Å². The molecule has 1 aliphatic heterocycles. The highest BCUT2D eigenvalue weighted by atomic mass is 32.1. The lowest BCUT2D eigenvalue weighted by Gasteiger charge is -2.31. The largest absolute Gasteiger partial charge is 0.452 e. The van der Waals surface area contributed by atoms with Crippen molar-refractivity contribution < 1.29 is 19.2 Å². The number of nitro groups is 1. The molecule has 1 aromatic carbocycles. The van der Waals surface area contributed by atoms with E-state index in [0.29, 0.717) is 18.2 Å². The molecule has 29 heavy (non-hydrogen) atoms. The lowest BCUT2D eigenvalue weighted by molar-refractivity contribution is -0.384. The number of hydrogen-bond acceptors (Lipinski definition) is 7. The molecule has 0 bridgehead atoms. The van der Waals surface area contributed by atoms with E-state index in [1.807, 2.05) is 22.4 Å². The molecule has 0 atom stereocenters. The van der Waals surface area contributed by atoms with Crippen LogP contribution in [0.1, 0.15) is 35.0 Å². The van der Waals surface area contributed by atoms with Gasteiger partial charge in [0.2, 0.25) is 0 Å². The maximum Gasteiger partial charge on any atom is 0.338 e. The molecule has 1 aromatic heterocycles. The van der Waals surface area contributed by atoms with Gasteiger partial charge >= 0.3 is 5.97 Å². The van der Waals surface area contributed by atoms with Gasteiger partial charge in [0.25, 0.3) is 11.6 Å². The summed E-state index contributed by atoms with van der Waals surface area (Å²) in [5.41, 5.74) is 0.431. The number of nitrogens with one attached hydrogen (secondary N) is 1. The number of carbonyl (C=O) groups excluding carboxylic acids is 2. The number of hydrogen-bond donors (Lipinski definition) is 1. The van der Waals surface area contributed by atoms with Crippen LogP contribution in [0.4, 0.5) is 11.4 Å². The molecular weight excluding hydrogens is 394 g/mol. The third-order valence-electron chi connectivity index (χ3n) is 4.91. The Bertz CT molecular complexity index is 876. The molecule has 1 aliphatic rings. The van der Waals surface area contributed by atoms with Crippen molar-refractivity contribution >= 4 is 34.6 Å². The summed E-state index contributed by atoms with van der Waals surface area (Å²) in [6, 6.07) is 8.08. The van der Waals surface area contributed by atoms with Crippen molar-refractivity contribution in [2.24, 2.45) is 5.92 Å². The molecule has 8 nitrogen and oxygen atoms in total. The fraction of sp³-hybridized carbons (Fsp3) is 0.400. The lowest BCUT2D eigenvalue weighted by atomic mass is 9.98. The van der Waals surface area contributed by atoms with E-state index >= 15 is 0 Å². The summed E-state index contributed by atoms with van der Waals surface area (Å²) in [6.07, 6.45) is 1.95. The zero-order valence-corrected chi connectivity index (χ0v) is 16.9. The maximum absolute atomic E-state index is 12.3. The van der Waals surface area contributed by atoms with Crippen molar-refractivity contribution in [3.63, 3.8) is 0 Å². The number of nitrogens with zero attached hydrogens (tertiary/aromatic N) is 2. The molecule has 3 rings (SSSR count). The van der Waals surface area contributed by atoms with Crippen LogP contribution in [0.3, 0.4) is 0 Å². The number of carbonyl (C=O) groups is 2. The fourth-order valence-electron chi connectivity index (χ4n) is 3.18. The van der Waals surface area contributed by atoms with Crippen molar-refractivity contribution in [2.75, 3.05) is 24.6 Å². The number of piperidine rings is 1. The molecule has 1 saturated heterocycles. The molecule has 0 aliphatic carbocycles. The lowest BCUT2D eigenvalue weighted by Crippen LogP contribution is -2.33. The Morgan fingerprint density at radius 3 is 2.72 bits per heavy atom. The van der Waals surface area contributed by atoms with E-state index < -0.39 is 23.4 Å². The highest BCUT2D eigenvalue weighted by Gasteiger charge is 2.25. The highest BCUT2D eigenvalue weighted by Crippen LogP contribution is 2.32. The summed E-state index contributed by atoms with van der Waals surface area (Å²) in [7, 11) is 0. The van der Waals surface area contributed by atoms with Crippen LogP contribution in [0.25, 0.3) is 0 Å². The Hall–Kier alpha value is -2.94. The summed E-state index contributed by atoms with van der Waals surface area (Å²) in [5, 5.41) is 16.1. The Morgan fingerprint density at radius 1 is 1.31 bits per heavy atom. The van der Waals surface area contributed by atoms with Crippen molar-refractivity contribution in [3.05, 3.63) is 56.3 Å². The van der Waals surface area contributed by atoms with E-state index in [2.05, 4.69) is 12.2 Å². The van der Waals surface area contributed by atoms with Gasteiger partial charge in [-0.2, -0.15) is 0 Å². The maximum atomic E-state index is 12.3. The third-order valence-corrected chi connectivity index (χ3v) is 5.78. The third kappa shape index (κ3) is 5.54. The molecule has 2 aromatic rings. The van der Waals surface area contributed by atoms with Gasteiger partial charge in [0.1, 0.15) is 5.69 Å². The van der Waals surface area contributed by atoms with Crippen LogP contribution in [-0.4, -0.2) is 36.5 Å². The standard InChI is InChI=1S/C20H23N3O5S/c1-14-6-8-22(9-7-14)17-5-4-15(11-18(17)23(26)27)20(25)28-13-19(24)21-12-16-3-2-10-29-16/h2-5,10-11,14H,6-9,12-13H2,1H3,(H,21,24). The Morgan fingerprint density at radius 2 is 2.07 bits per heavy atom. The van der Waals surface area contributed by atoms with Gasteiger partial charge in [-0.05, 0) is 42.3 Å². The number of nitro benzene ring substituents is 1. The van der Waals surface area contributed by atoms with Crippen LogP contribution >= 0.6 is 11.3 Å². The normalized spacial score (nSPS) is 14.4. The first kappa shape index (κ1) is 20.8. The van der Waals surface area contributed by atoms with Crippen LogP contribution in [0, 0.1) is 16.0 Å². The van der Waals surface area contributed by atoms with Gasteiger partial charge in [0.05, 0.1) is 17.0 Å². The molecule has 2 heterocycles. The van der Waals surface area contributed by atoms with Crippen LogP contribution in [0.5, 0.6) is 0 Å². The van der Waals surface area contributed by atoms with Gasteiger partial charge in [-0.15, -0.1) is 11.3 Å². The second-order valence-corrected chi connectivity index (χ2v) is 8.09. The summed E-state index contributed by atoms with van der Waals surface area (Å²) in [4.78, 5) is 38.1. The number of ether oxygens (including phenoxy) is 1. The Kier molecular flexibility index (Phi) is 6.82. The minimum absolute atomic E-state index is 0.0527. The summed E-state index contributed by atoms with van der Waals surface area (Å²) >= 11 is 1.51. The number of thiophene rings is 1. The first-order valence-electron chi connectivity index (χ1n) is 9.43. The predicted molar refractivity (Wildman–Crippen MR) is 110 cm³/mol. The van der Waals surface area contributed by atoms with Crippen molar-refractivity contribution in [1.29, 1.82) is 0 Å².